The molecule has 2 N–H and O–H groups in total. The van der Waals surface area contributed by atoms with Gasteiger partial charge in [0, 0.05) is 0 Å². The molecule has 0 saturated heterocycles. The fourth-order valence-corrected chi connectivity index (χ4v) is 1.77. The van der Waals surface area contributed by atoms with Gasteiger partial charge in [-0.15, -0.1) is 0 Å². The molecule has 0 rings (SSSR count). The maximum atomic E-state index is 9.64. The summed E-state index contributed by atoms with van der Waals surface area (Å²) in [5.74, 6) is -2.15. The van der Waals surface area contributed by atoms with Crippen LogP contribution >= 0.6 is 0 Å². The monoisotopic (exact) mass is 312 g/mol. The normalized spacial score (nSPS) is 9.24. The molecule has 0 aliphatic carbocycles. The first-order valence-electron chi connectivity index (χ1n) is 7.98. The van der Waals surface area contributed by atoms with Gasteiger partial charge >= 0.3 is 41.5 Å². The minimum absolute atomic E-state index is 0. The molecule has 4 nitrogen and oxygen atoms in total. The van der Waals surface area contributed by atoms with E-state index >= 15 is 0 Å². The van der Waals surface area contributed by atoms with E-state index in [-0.39, 0.29) is 42.4 Å². The van der Waals surface area contributed by atoms with Crippen LogP contribution in [0.3, 0.4) is 0 Å². The van der Waals surface area contributed by atoms with Gasteiger partial charge in [-0.3, -0.25) is 9.59 Å². The van der Waals surface area contributed by atoms with Crippen LogP contribution in [0.5, 0.6) is 0 Å². The van der Waals surface area contributed by atoms with Gasteiger partial charge in [0.2, 0.25) is 0 Å². The SMILES string of the molecule is CCCCCCCCCCCC.O=C(O)CCC(=O)O.[NaH]. The third-order valence-corrected chi connectivity index (χ3v) is 3.01. The van der Waals surface area contributed by atoms with Crippen molar-refractivity contribution >= 4 is 41.5 Å². The van der Waals surface area contributed by atoms with Crippen molar-refractivity contribution in [3.63, 3.8) is 0 Å². The molecule has 0 amide bonds. The Bertz CT molecular complexity index is 208. The van der Waals surface area contributed by atoms with Crippen LogP contribution in [0.25, 0.3) is 0 Å². The van der Waals surface area contributed by atoms with E-state index in [2.05, 4.69) is 13.8 Å². The van der Waals surface area contributed by atoms with E-state index in [1.54, 1.807) is 0 Å². The van der Waals surface area contributed by atoms with Crippen LogP contribution in [0.1, 0.15) is 90.9 Å². The number of carboxylic acid groups (broad SMARTS) is 2. The summed E-state index contributed by atoms with van der Waals surface area (Å²) in [6.07, 6.45) is 13.8. The Morgan fingerprint density at radius 1 is 0.619 bits per heavy atom. The predicted molar refractivity (Wildman–Crippen MR) is 89.2 cm³/mol. The van der Waals surface area contributed by atoms with Crippen molar-refractivity contribution in [2.45, 2.75) is 90.9 Å². The zero-order chi connectivity index (χ0) is 15.6. The van der Waals surface area contributed by atoms with Crippen LogP contribution < -0.4 is 0 Å². The van der Waals surface area contributed by atoms with E-state index in [9.17, 15) is 9.59 Å². The van der Waals surface area contributed by atoms with Crippen molar-refractivity contribution in [1.82, 2.24) is 0 Å². The Balaban J connectivity index is -0.000000317. The number of unbranched alkanes of at least 4 members (excludes halogenated alkanes) is 9. The van der Waals surface area contributed by atoms with E-state index in [1.807, 2.05) is 0 Å². The maximum absolute atomic E-state index is 9.64. The van der Waals surface area contributed by atoms with Gasteiger partial charge in [0.05, 0.1) is 12.8 Å². The van der Waals surface area contributed by atoms with E-state index in [0.717, 1.165) is 0 Å². The van der Waals surface area contributed by atoms with Crippen molar-refractivity contribution < 1.29 is 19.8 Å². The Morgan fingerprint density at radius 3 is 1.05 bits per heavy atom. The molecule has 0 heterocycles. The van der Waals surface area contributed by atoms with Crippen LogP contribution in [0, 0.1) is 0 Å². The molecular formula is C16H33NaO4. The van der Waals surface area contributed by atoms with E-state index in [4.69, 9.17) is 10.2 Å². The zero-order valence-corrected chi connectivity index (χ0v) is 13.2. The second-order valence-electron chi connectivity index (χ2n) is 5.12. The fourth-order valence-electron chi connectivity index (χ4n) is 1.77. The van der Waals surface area contributed by atoms with Crippen LogP contribution in [0.4, 0.5) is 0 Å². The summed E-state index contributed by atoms with van der Waals surface area (Å²) in [4.78, 5) is 19.3. The molecule has 122 valence electrons. The fraction of sp³-hybridized carbons (Fsp3) is 0.875. The Hall–Kier alpha value is -0.0600. The van der Waals surface area contributed by atoms with Crippen molar-refractivity contribution in [3.05, 3.63) is 0 Å². The summed E-state index contributed by atoms with van der Waals surface area (Å²) in [5, 5.41) is 15.8. The van der Waals surface area contributed by atoms with E-state index in [1.165, 1.54) is 64.2 Å². The zero-order valence-electron chi connectivity index (χ0n) is 13.2. The summed E-state index contributed by atoms with van der Waals surface area (Å²) < 4.78 is 0. The third kappa shape index (κ3) is 33.0. The molecule has 21 heavy (non-hydrogen) atoms. The molecule has 0 fully saturated rings. The average molecular weight is 312 g/mol. The van der Waals surface area contributed by atoms with Crippen molar-refractivity contribution in [2.24, 2.45) is 0 Å². The van der Waals surface area contributed by atoms with Gasteiger partial charge in [-0.05, 0) is 0 Å². The van der Waals surface area contributed by atoms with Crippen LogP contribution in [-0.2, 0) is 9.59 Å². The Labute approximate surface area is 152 Å². The molecule has 0 spiro atoms. The van der Waals surface area contributed by atoms with E-state index < -0.39 is 11.9 Å². The summed E-state index contributed by atoms with van der Waals surface area (Å²) in [6.45, 7) is 4.56. The average Bonchev–Trinajstić information content (AvgIpc) is 2.40. The third-order valence-electron chi connectivity index (χ3n) is 3.01. The molecule has 0 aromatic carbocycles. The van der Waals surface area contributed by atoms with Crippen molar-refractivity contribution in [1.29, 1.82) is 0 Å². The number of aliphatic carboxylic acids is 2. The topological polar surface area (TPSA) is 74.6 Å². The van der Waals surface area contributed by atoms with Gasteiger partial charge in [-0.2, -0.15) is 0 Å². The van der Waals surface area contributed by atoms with Crippen molar-refractivity contribution in [2.75, 3.05) is 0 Å². The summed E-state index contributed by atoms with van der Waals surface area (Å²) in [7, 11) is 0. The summed E-state index contributed by atoms with van der Waals surface area (Å²) >= 11 is 0. The predicted octanol–water partition coefficient (Wildman–Crippen LogP) is 4.21. The summed E-state index contributed by atoms with van der Waals surface area (Å²) in [6, 6.07) is 0. The van der Waals surface area contributed by atoms with E-state index in [0.29, 0.717) is 0 Å². The second-order valence-corrected chi connectivity index (χ2v) is 5.12. The first-order chi connectivity index (χ1) is 9.54. The van der Waals surface area contributed by atoms with Gasteiger partial charge in [-0.1, -0.05) is 78.1 Å². The number of carboxylic acids is 2. The van der Waals surface area contributed by atoms with Gasteiger partial charge in [0.25, 0.3) is 0 Å². The Kier molecular flexibility index (Phi) is 27.4. The molecule has 5 heteroatoms. The number of rotatable bonds is 12. The standard InChI is InChI=1S/C12H26.C4H6O4.Na.H/c1-3-5-7-9-11-12-10-8-6-4-2;5-3(6)1-2-4(7)8;;/h3-12H2,1-2H3;1-2H2,(H,5,6)(H,7,8);;. The molecule has 0 bridgehead atoms. The van der Waals surface area contributed by atoms with Crippen molar-refractivity contribution in [3.8, 4) is 0 Å². The second kappa shape index (κ2) is 22.2. The Morgan fingerprint density at radius 2 is 0.857 bits per heavy atom. The molecule has 0 atom stereocenters. The van der Waals surface area contributed by atoms with Gasteiger partial charge in [0.1, 0.15) is 0 Å². The van der Waals surface area contributed by atoms with Gasteiger partial charge in [0.15, 0.2) is 0 Å². The molecule has 0 aliphatic rings. The molecule has 0 radical (unpaired) electrons. The molecule has 0 unspecified atom stereocenters. The number of hydrogen-bond donors (Lipinski definition) is 2. The quantitative estimate of drug-likeness (QED) is 0.418. The number of carbonyl (C=O) groups is 2. The van der Waals surface area contributed by atoms with Crippen LogP contribution in [0.2, 0.25) is 0 Å². The van der Waals surface area contributed by atoms with Gasteiger partial charge in [-0.25, -0.2) is 0 Å². The molecular weight excluding hydrogens is 279 g/mol. The van der Waals surface area contributed by atoms with Crippen LogP contribution in [0.15, 0.2) is 0 Å². The summed E-state index contributed by atoms with van der Waals surface area (Å²) in [5.41, 5.74) is 0. The number of hydrogen-bond acceptors (Lipinski definition) is 2. The molecule has 0 aliphatic heterocycles. The minimum atomic E-state index is -1.08. The molecule has 0 aromatic rings. The first-order valence-corrected chi connectivity index (χ1v) is 7.98. The van der Waals surface area contributed by atoms with Gasteiger partial charge < -0.3 is 10.2 Å². The molecule has 0 aromatic heterocycles. The molecule has 0 saturated carbocycles. The van der Waals surface area contributed by atoms with Crippen LogP contribution in [-0.4, -0.2) is 51.7 Å². The first kappa shape index (κ1) is 25.9.